The van der Waals surface area contributed by atoms with Crippen molar-refractivity contribution in [3.8, 4) is 0 Å². The Bertz CT molecular complexity index is 460. The molecule has 0 spiro atoms. The summed E-state index contributed by atoms with van der Waals surface area (Å²) >= 11 is 0. The van der Waals surface area contributed by atoms with Gasteiger partial charge in [0.2, 0.25) is 0 Å². The Morgan fingerprint density at radius 1 is 1.15 bits per heavy atom. The zero-order valence-corrected chi connectivity index (χ0v) is 14.2. The van der Waals surface area contributed by atoms with Crippen molar-refractivity contribution >= 4 is 0 Å². The third kappa shape index (κ3) is 2.11. The van der Waals surface area contributed by atoms with Crippen molar-refractivity contribution < 1.29 is 0 Å². The molecule has 3 aliphatic carbocycles. The maximum absolute atomic E-state index is 2.60. The molecule has 0 amide bonds. The van der Waals surface area contributed by atoms with Crippen molar-refractivity contribution in [2.75, 3.05) is 0 Å². The minimum atomic E-state index is 0.508. The molecule has 0 saturated heterocycles. The predicted molar refractivity (Wildman–Crippen MR) is 87.6 cm³/mol. The van der Waals surface area contributed by atoms with Gasteiger partial charge in [0.1, 0.15) is 0 Å². The highest BCUT2D eigenvalue weighted by Gasteiger charge is 2.50. The lowest BCUT2D eigenvalue weighted by molar-refractivity contribution is 0.0106. The summed E-state index contributed by atoms with van der Waals surface area (Å²) in [6, 6.07) is 0. The molecule has 0 aliphatic heterocycles. The fourth-order valence-corrected chi connectivity index (χ4v) is 5.63. The second-order valence-electron chi connectivity index (χ2n) is 8.75. The van der Waals surface area contributed by atoms with E-state index in [9.17, 15) is 0 Å². The van der Waals surface area contributed by atoms with E-state index in [0.717, 1.165) is 11.8 Å². The Kier molecular flexibility index (Phi) is 3.42. The van der Waals surface area contributed by atoms with Gasteiger partial charge < -0.3 is 0 Å². The molecule has 0 heterocycles. The molecule has 1 unspecified atom stereocenters. The minimum absolute atomic E-state index is 0.508. The van der Waals surface area contributed by atoms with Crippen LogP contribution in [0.4, 0.5) is 0 Å². The number of fused-ring (bicyclic) bond motifs is 2. The molecule has 0 bridgehead atoms. The summed E-state index contributed by atoms with van der Waals surface area (Å²) in [5, 5.41) is 0. The van der Waals surface area contributed by atoms with Gasteiger partial charge in [0.15, 0.2) is 0 Å². The number of hydrogen-bond donors (Lipinski definition) is 0. The van der Waals surface area contributed by atoms with Gasteiger partial charge in [-0.2, -0.15) is 0 Å². The third-order valence-electron chi connectivity index (χ3n) is 6.81. The molecular formula is C20H32. The first-order valence-corrected chi connectivity index (χ1v) is 8.75. The van der Waals surface area contributed by atoms with E-state index in [1.165, 1.54) is 44.9 Å². The van der Waals surface area contributed by atoms with Crippen LogP contribution < -0.4 is 0 Å². The first-order valence-electron chi connectivity index (χ1n) is 8.75. The first-order chi connectivity index (χ1) is 9.34. The van der Waals surface area contributed by atoms with E-state index in [4.69, 9.17) is 0 Å². The van der Waals surface area contributed by atoms with Gasteiger partial charge in [0.05, 0.1) is 0 Å². The lowest BCUT2D eigenvalue weighted by Gasteiger charge is -2.56. The van der Waals surface area contributed by atoms with Crippen LogP contribution in [0.15, 0.2) is 22.8 Å². The molecule has 0 aromatic heterocycles. The summed E-state index contributed by atoms with van der Waals surface area (Å²) in [4.78, 5) is 0. The van der Waals surface area contributed by atoms with Gasteiger partial charge in [0, 0.05) is 0 Å². The molecule has 0 heteroatoms. The van der Waals surface area contributed by atoms with Crippen molar-refractivity contribution in [1.29, 1.82) is 0 Å². The van der Waals surface area contributed by atoms with Crippen LogP contribution in [0.2, 0.25) is 0 Å². The van der Waals surface area contributed by atoms with Gasteiger partial charge in [0.25, 0.3) is 0 Å². The number of hydrogen-bond acceptors (Lipinski definition) is 0. The van der Waals surface area contributed by atoms with Gasteiger partial charge in [-0.25, -0.2) is 0 Å². The van der Waals surface area contributed by atoms with Crippen LogP contribution in [0.5, 0.6) is 0 Å². The Morgan fingerprint density at radius 2 is 1.90 bits per heavy atom. The Hall–Kier alpha value is -0.520. The molecule has 1 saturated carbocycles. The van der Waals surface area contributed by atoms with Crippen LogP contribution in [0.1, 0.15) is 79.6 Å². The summed E-state index contributed by atoms with van der Waals surface area (Å²) in [5.74, 6) is 1.65. The third-order valence-corrected chi connectivity index (χ3v) is 6.81. The highest BCUT2D eigenvalue weighted by atomic mass is 14.5. The van der Waals surface area contributed by atoms with Crippen LogP contribution in [-0.4, -0.2) is 0 Å². The van der Waals surface area contributed by atoms with Crippen LogP contribution in [-0.2, 0) is 0 Å². The van der Waals surface area contributed by atoms with Gasteiger partial charge in [-0.1, -0.05) is 63.8 Å². The van der Waals surface area contributed by atoms with E-state index in [2.05, 4.69) is 40.7 Å². The number of rotatable bonds is 1. The van der Waals surface area contributed by atoms with E-state index in [1.807, 2.05) is 11.1 Å². The van der Waals surface area contributed by atoms with Crippen molar-refractivity contribution in [2.45, 2.75) is 79.6 Å². The largest absolute Gasteiger partial charge is 0.0807 e. The van der Waals surface area contributed by atoms with Crippen molar-refractivity contribution in [2.24, 2.45) is 22.7 Å². The lowest BCUT2D eigenvalue weighted by atomic mass is 9.49. The lowest BCUT2D eigenvalue weighted by Crippen LogP contribution is -2.46. The zero-order chi connectivity index (χ0) is 14.5. The smallest absolute Gasteiger partial charge is 0.00770 e. The fourth-order valence-electron chi connectivity index (χ4n) is 5.63. The summed E-state index contributed by atoms with van der Waals surface area (Å²) in [6.07, 6.45) is 12.2. The highest BCUT2D eigenvalue weighted by molar-refractivity contribution is 5.37. The second-order valence-corrected chi connectivity index (χ2v) is 8.75. The van der Waals surface area contributed by atoms with Crippen LogP contribution in [0.25, 0.3) is 0 Å². The molecule has 0 aromatic rings. The fraction of sp³-hybridized carbons (Fsp3) is 0.800. The molecular weight excluding hydrogens is 240 g/mol. The molecule has 3 aliphatic rings. The summed E-state index contributed by atoms with van der Waals surface area (Å²) in [5.41, 5.74) is 6.43. The molecule has 0 N–H and O–H groups in total. The maximum atomic E-state index is 2.60. The van der Waals surface area contributed by atoms with Crippen molar-refractivity contribution in [1.82, 2.24) is 0 Å². The van der Waals surface area contributed by atoms with E-state index in [0.29, 0.717) is 10.8 Å². The normalized spacial score (nSPS) is 36.5. The summed E-state index contributed by atoms with van der Waals surface area (Å²) in [6.45, 7) is 12.4. The topological polar surface area (TPSA) is 0 Å². The summed E-state index contributed by atoms with van der Waals surface area (Å²) < 4.78 is 0. The van der Waals surface area contributed by atoms with E-state index >= 15 is 0 Å². The molecule has 3 rings (SSSR count). The quantitative estimate of drug-likeness (QED) is 0.492. The van der Waals surface area contributed by atoms with Crippen LogP contribution >= 0.6 is 0 Å². The summed E-state index contributed by atoms with van der Waals surface area (Å²) in [7, 11) is 0. The molecule has 0 radical (unpaired) electrons. The molecule has 2 atom stereocenters. The maximum Gasteiger partial charge on any atom is -0.00770 e. The highest BCUT2D eigenvalue weighted by Crippen LogP contribution is 2.61. The Morgan fingerprint density at radius 3 is 2.60 bits per heavy atom. The van der Waals surface area contributed by atoms with Gasteiger partial charge in [-0.05, 0) is 61.2 Å². The average Bonchev–Trinajstić information content (AvgIpc) is 2.37. The average molecular weight is 272 g/mol. The SMILES string of the molecule is CC(C)C1=CCC2=C(CCC3C(C)(C)CCC[C@@]23C)C1. The van der Waals surface area contributed by atoms with Crippen LogP contribution in [0.3, 0.4) is 0 Å². The predicted octanol–water partition coefficient (Wildman–Crippen LogP) is 6.29. The van der Waals surface area contributed by atoms with Gasteiger partial charge in [-0.3, -0.25) is 0 Å². The van der Waals surface area contributed by atoms with E-state index in [1.54, 1.807) is 5.57 Å². The van der Waals surface area contributed by atoms with Crippen molar-refractivity contribution in [3.63, 3.8) is 0 Å². The first kappa shape index (κ1) is 14.4. The monoisotopic (exact) mass is 272 g/mol. The zero-order valence-electron chi connectivity index (χ0n) is 14.2. The molecule has 1 fully saturated rings. The Labute approximate surface area is 125 Å². The van der Waals surface area contributed by atoms with Gasteiger partial charge >= 0.3 is 0 Å². The van der Waals surface area contributed by atoms with E-state index < -0.39 is 0 Å². The van der Waals surface area contributed by atoms with Gasteiger partial charge in [-0.15, -0.1) is 0 Å². The Balaban J connectivity index is 1.93. The second kappa shape index (κ2) is 4.75. The molecule has 20 heavy (non-hydrogen) atoms. The number of allylic oxidation sites excluding steroid dienone is 4. The van der Waals surface area contributed by atoms with Crippen molar-refractivity contribution in [3.05, 3.63) is 22.8 Å². The van der Waals surface area contributed by atoms with E-state index in [-0.39, 0.29) is 0 Å². The molecule has 0 nitrogen and oxygen atoms in total. The molecule has 112 valence electrons. The van der Waals surface area contributed by atoms with Crippen LogP contribution in [0, 0.1) is 22.7 Å². The molecule has 0 aromatic carbocycles. The standard InChI is InChI=1S/C20H32/c1-14(2)15-7-9-17-16(13-15)8-10-18-19(3,4)11-6-12-20(17,18)5/h7,14,18H,6,8-13H2,1-5H3/t18?,20-/m0/s1. The minimum Gasteiger partial charge on any atom is -0.0807 e.